The van der Waals surface area contributed by atoms with E-state index in [4.69, 9.17) is 9.47 Å². The smallest absolute Gasteiger partial charge is 0.322 e. The van der Waals surface area contributed by atoms with Crippen molar-refractivity contribution in [1.82, 2.24) is 5.32 Å². The number of methoxy groups -OCH3 is 2. The first-order chi connectivity index (χ1) is 12.5. The molecular weight excluding hydrogens is 337 g/mol. The fraction of sp³-hybridized carbons (Fsp3) is 0.350. The summed E-state index contributed by atoms with van der Waals surface area (Å²) < 4.78 is 29.0. The molecule has 2 rings (SSSR count). The number of ether oxygens (including phenoxy) is 3. The molecule has 1 N–H and O–H groups in total. The second-order valence-corrected chi connectivity index (χ2v) is 5.85. The van der Waals surface area contributed by atoms with Gasteiger partial charge in [-0.05, 0) is 55.3 Å². The summed E-state index contributed by atoms with van der Waals surface area (Å²) in [6.45, 7) is 2.64. The molecule has 0 heterocycles. The number of rotatable bonds is 9. The summed E-state index contributed by atoms with van der Waals surface area (Å²) in [5.41, 5.74) is 1.79. The van der Waals surface area contributed by atoms with Crippen LogP contribution in [0.25, 0.3) is 0 Å². The zero-order chi connectivity index (χ0) is 18.9. The molecule has 0 aromatic heterocycles. The molecule has 0 spiro atoms. The first-order valence-electron chi connectivity index (χ1n) is 8.39. The summed E-state index contributed by atoms with van der Waals surface area (Å²) in [5.74, 6) is 0.627. The highest BCUT2D eigenvalue weighted by atomic mass is 19.1. The summed E-state index contributed by atoms with van der Waals surface area (Å²) in [4.78, 5) is 11.4. The average molecular weight is 361 g/mol. The molecule has 140 valence electrons. The van der Waals surface area contributed by atoms with E-state index in [0.717, 1.165) is 17.5 Å². The fourth-order valence-electron chi connectivity index (χ4n) is 2.47. The second kappa shape index (κ2) is 9.77. The van der Waals surface area contributed by atoms with Gasteiger partial charge in [-0.1, -0.05) is 18.2 Å². The number of hydrogen-bond donors (Lipinski definition) is 1. The lowest BCUT2D eigenvalue weighted by atomic mass is 10.1. The Morgan fingerprint density at radius 2 is 1.92 bits per heavy atom. The summed E-state index contributed by atoms with van der Waals surface area (Å²) in [6.07, 6.45) is 0.724. The van der Waals surface area contributed by atoms with Crippen LogP contribution in [-0.2, 0) is 22.6 Å². The lowest BCUT2D eigenvalue weighted by Crippen LogP contribution is -2.36. The van der Waals surface area contributed by atoms with Crippen LogP contribution in [0.5, 0.6) is 11.5 Å². The number of benzene rings is 2. The van der Waals surface area contributed by atoms with Gasteiger partial charge in [0.05, 0.1) is 14.2 Å². The van der Waals surface area contributed by atoms with Crippen molar-refractivity contribution in [2.24, 2.45) is 0 Å². The molecule has 26 heavy (non-hydrogen) atoms. The van der Waals surface area contributed by atoms with Crippen molar-refractivity contribution in [2.45, 2.75) is 26.0 Å². The van der Waals surface area contributed by atoms with Crippen LogP contribution >= 0.6 is 0 Å². The molecule has 0 aliphatic heterocycles. The van der Waals surface area contributed by atoms with E-state index >= 15 is 0 Å². The summed E-state index contributed by atoms with van der Waals surface area (Å²) in [6, 6.07) is 11.6. The molecule has 1 unspecified atom stereocenters. The maximum absolute atomic E-state index is 13.2. The standard InChI is InChI=1S/C20H24FNO4/c1-14(20(23)25-3)22-10-9-15-7-8-18(19(12-15)24-2)26-13-16-5-4-6-17(21)11-16/h4-8,11-12,14,22H,9-10,13H2,1-3H3. The summed E-state index contributed by atoms with van der Waals surface area (Å²) in [7, 11) is 2.94. The van der Waals surface area contributed by atoms with Gasteiger partial charge in [-0.15, -0.1) is 0 Å². The highest BCUT2D eigenvalue weighted by molar-refractivity contribution is 5.75. The van der Waals surface area contributed by atoms with Crippen LogP contribution in [0.4, 0.5) is 4.39 Å². The average Bonchev–Trinajstić information content (AvgIpc) is 2.66. The van der Waals surface area contributed by atoms with Crippen molar-refractivity contribution < 1.29 is 23.4 Å². The number of halogens is 1. The molecule has 1 atom stereocenters. The van der Waals surface area contributed by atoms with E-state index in [0.29, 0.717) is 18.0 Å². The molecule has 0 aliphatic carbocycles. The Kier molecular flexibility index (Phi) is 7.41. The molecule has 0 fully saturated rings. The predicted octanol–water partition coefficient (Wildman–Crippen LogP) is 3.11. The van der Waals surface area contributed by atoms with E-state index in [-0.39, 0.29) is 24.4 Å². The van der Waals surface area contributed by atoms with Gasteiger partial charge < -0.3 is 19.5 Å². The van der Waals surface area contributed by atoms with Gasteiger partial charge in [0.25, 0.3) is 0 Å². The molecule has 2 aromatic carbocycles. The highest BCUT2D eigenvalue weighted by Crippen LogP contribution is 2.29. The summed E-state index contributed by atoms with van der Waals surface area (Å²) >= 11 is 0. The van der Waals surface area contributed by atoms with Crippen LogP contribution in [0.2, 0.25) is 0 Å². The van der Waals surface area contributed by atoms with Crippen LogP contribution < -0.4 is 14.8 Å². The van der Waals surface area contributed by atoms with Crippen molar-refractivity contribution >= 4 is 5.97 Å². The van der Waals surface area contributed by atoms with Gasteiger partial charge in [0.2, 0.25) is 0 Å². The SMILES string of the molecule is COC(=O)C(C)NCCc1ccc(OCc2cccc(F)c2)c(OC)c1. The van der Waals surface area contributed by atoms with Crippen molar-refractivity contribution in [2.75, 3.05) is 20.8 Å². The minimum absolute atomic E-state index is 0.256. The van der Waals surface area contributed by atoms with Crippen LogP contribution in [0.3, 0.4) is 0 Å². The molecule has 0 aliphatic rings. The van der Waals surface area contributed by atoms with Gasteiger partial charge in [-0.3, -0.25) is 4.79 Å². The minimum atomic E-state index is -0.351. The minimum Gasteiger partial charge on any atom is -0.493 e. The van der Waals surface area contributed by atoms with E-state index < -0.39 is 0 Å². The number of hydrogen-bond acceptors (Lipinski definition) is 5. The Hall–Kier alpha value is -2.60. The van der Waals surface area contributed by atoms with Crippen LogP contribution in [0.15, 0.2) is 42.5 Å². The largest absolute Gasteiger partial charge is 0.493 e. The van der Waals surface area contributed by atoms with Crippen LogP contribution in [0.1, 0.15) is 18.1 Å². The molecule has 5 nitrogen and oxygen atoms in total. The molecule has 0 saturated heterocycles. The topological polar surface area (TPSA) is 56.8 Å². The van der Waals surface area contributed by atoms with Crippen LogP contribution in [-0.4, -0.2) is 32.8 Å². The lowest BCUT2D eigenvalue weighted by molar-refractivity contribution is -0.142. The Labute approximate surface area is 153 Å². The van der Waals surface area contributed by atoms with E-state index in [2.05, 4.69) is 10.1 Å². The Morgan fingerprint density at radius 3 is 2.62 bits per heavy atom. The zero-order valence-corrected chi connectivity index (χ0v) is 15.3. The van der Waals surface area contributed by atoms with Gasteiger partial charge in [-0.2, -0.15) is 0 Å². The highest BCUT2D eigenvalue weighted by Gasteiger charge is 2.12. The van der Waals surface area contributed by atoms with E-state index in [1.54, 1.807) is 26.2 Å². The number of nitrogens with one attached hydrogen (secondary N) is 1. The third kappa shape index (κ3) is 5.74. The lowest BCUT2D eigenvalue weighted by Gasteiger charge is -2.14. The maximum atomic E-state index is 13.2. The molecule has 0 bridgehead atoms. The third-order valence-electron chi connectivity index (χ3n) is 3.93. The molecule has 0 amide bonds. The molecular formula is C20H24FNO4. The van der Waals surface area contributed by atoms with E-state index in [1.807, 2.05) is 18.2 Å². The Bertz CT molecular complexity index is 736. The van der Waals surface area contributed by atoms with Crippen molar-refractivity contribution in [3.05, 3.63) is 59.4 Å². The molecule has 0 radical (unpaired) electrons. The van der Waals surface area contributed by atoms with Gasteiger partial charge in [0, 0.05) is 0 Å². The van der Waals surface area contributed by atoms with Crippen molar-refractivity contribution in [3.8, 4) is 11.5 Å². The first-order valence-corrected chi connectivity index (χ1v) is 8.39. The number of esters is 1. The Balaban J connectivity index is 1.93. The second-order valence-electron chi connectivity index (χ2n) is 5.85. The fourth-order valence-corrected chi connectivity index (χ4v) is 2.47. The van der Waals surface area contributed by atoms with Crippen molar-refractivity contribution in [1.29, 1.82) is 0 Å². The number of carbonyl (C=O) groups is 1. The number of carbonyl (C=O) groups excluding carboxylic acids is 1. The molecule has 0 saturated carbocycles. The summed E-state index contributed by atoms with van der Waals surface area (Å²) in [5, 5.41) is 3.10. The van der Waals surface area contributed by atoms with Gasteiger partial charge in [0.15, 0.2) is 11.5 Å². The quantitative estimate of drug-likeness (QED) is 0.696. The Morgan fingerprint density at radius 1 is 1.12 bits per heavy atom. The van der Waals surface area contributed by atoms with E-state index in [9.17, 15) is 9.18 Å². The van der Waals surface area contributed by atoms with Crippen LogP contribution in [0, 0.1) is 5.82 Å². The first kappa shape index (κ1) is 19.7. The van der Waals surface area contributed by atoms with Gasteiger partial charge in [0.1, 0.15) is 18.5 Å². The van der Waals surface area contributed by atoms with Gasteiger partial charge in [-0.25, -0.2) is 4.39 Å². The molecule has 2 aromatic rings. The monoisotopic (exact) mass is 361 g/mol. The zero-order valence-electron chi connectivity index (χ0n) is 15.3. The van der Waals surface area contributed by atoms with Gasteiger partial charge >= 0.3 is 5.97 Å². The third-order valence-corrected chi connectivity index (χ3v) is 3.93. The van der Waals surface area contributed by atoms with Crippen molar-refractivity contribution in [3.63, 3.8) is 0 Å². The molecule has 6 heteroatoms. The van der Waals surface area contributed by atoms with E-state index in [1.165, 1.54) is 19.2 Å². The predicted molar refractivity (Wildman–Crippen MR) is 96.9 cm³/mol. The normalized spacial score (nSPS) is 11.7. The maximum Gasteiger partial charge on any atom is 0.322 e.